The molecule has 0 bridgehead atoms. The molecule has 174 valence electrons. The summed E-state index contributed by atoms with van der Waals surface area (Å²) in [6.45, 7) is 4.64. The molecular formula is C28H33NO3S. The van der Waals surface area contributed by atoms with Gasteiger partial charge in [-0.25, -0.2) is 4.79 Å². The Labute approximate surface area is 200 Å². The number of carboxylic acid groups (broad SMARTS) is 1. The molecule has 1 unspecified atom stereocenters. The summed E-state index contributed by atoms with van der Waals surface area (Å²) in [5, 5.41) is 9.23. The molecule has 0 aliphatic heterocycles. The summed E-state index contributed by atoms with van der Waals surface area (Å²) in [4.78, 5) is 16.7. The van der Waals surface area contributed by atoms with Crippen LogP contribution in [0, 0.1) is 19.8 Å². The van der Waals surface area contributed by atoms with Crippen molar-refractivity contribution < 1.29 is 14.6 Å². The summed E-state index contributed by atoms with van der Waals surface area (Å²) < 4.78 is 6.44. The number of carbonyl (C=O) groups is 1. The lowest BCUT2D eigenvalue weighted by Crippen LogP contribution is -2.10. The fourth-order valence-corrected chi connectivity index (χ4v) is 5.67. The zero-order valence-corrected chi connectivity index (χ0v) is 20.4. The van der Waals surface area contributed by atoms with Crippen LogP contribution in [0.1, 0.15) is 83.0 Å². The number of aromatic carboxylic acids is 1. The van der Waals surface area contributed by atoms with E-state index >= 15 is 0 Å². The molecule has 1 aliphatic rings. The molecule has 4 nitrogen and oxygen atoms in total. The Morgan fingerprint density at radius 3 is 2.45 bits per heavy atom. The molecule has 4 rings (SSSR count). The van der Waals surface area contributed by atoms with Crippen molar-refractivity contribution in [3.63, 3.8) is 0 Å². The van der Waals surface area contributed by atoms with Gasteiger partial charge in [-0.2, -0.15) is 0 Å². The Bertz CT molecular complexity index is 1070. The maximum atomic E-state index is 11.2. The molecule has 1 N–H and O–H groups in total. The minimum atomic E-state index is -0.896. The Hall–Kier alpha value is -2.50. The summed E-state index contributed by atoms with van der Waals surface area (Å²) in [6, 6.07) is 11.7. The third-order valence-electron chi connectivity index (χ3n) is 6.84. The van der Waals surface area contributed by atoms with E-state index in [1.807, 2.05) is 24.7 Å². The van der Waals surface area contributed by atoms with Crippen molar-refractivity contribution in [2.24, 2.45) is 5.92 Å². The average Bonchev–Trinajstić information content (AvgIpc) is 3.35. The summed E-state index contributed by atoms with van der Waals surface area (Å²) in [5.74, 6) is -0.0529. The van der Waals surface area contributed by atoms with E-state index in [4.69, 9.17) is 4.74 Å². The molecule has 1 aromatic heterocycles. The van der Waals surface area contributed by atoms with Crippen LogP contribution < -0.4 is 0 Å². The van der Waals surface area contributed by atoms with Crippen LogP contribution in [-0.2, 0) is 11.3 Å². The molecule has 5 heteroatoms. The lowest BCUT2D eigenvalue weighted by molar-refractivity contribution is 0.0306. The second kappa shape index (κ2) is 11.1. The number of hydrogen-bond donors (Lipinski definition) is 1. The lowest BCUT2D eigenvalue weighted by atomic mass is 9.85. The SMILES string of the molecule is Cc1cc(COC(CCC2CCCCC2)c2cncs2)ccc1-c1ccc(C(=O)O)cc1C. The Morgan fingerprint density at radius 2 is 1.82 bits per heavy atom. The topological polar surface area (TPSA) is 59.4 Å². The monoisotopic (exact) mass is 463 g/mol. The van der Waals surface area contributed by atoms with Gasteiger partial charge in [-0.1, -0.05) is 56.4 Å². The van der Waals surface area contributed by atoms with E-state index in [0.29, 0.717) is 12.2 Å². The number of rotatable bonds is 9. The summed E-state index contributed by atoms with van der Waals surface area (Å²) >= 11 is 1.68. The van der Waals surface area contributed by atoms with Crippen molar-refractivity contribution in [2.75, 3.05) is 0 Å². The van der Waals surface area contributed by atoms with E-state index < -0.39 is 5.97 Å². The first-order valence-corrected chi connectivity index (χ1v) is 12.8. The minimum absolute atomic E-state index is 0.102. The quantitative estimate of drug-likeness (QED) is 0.352. The Kier molecular flexibility index (Phi) is 7.94. The number of hydrogen-bond acceptors (Lipinski definition) is 4. The molecule has 1 heterocycles. The summed E-state index contributed by atoms with van der Waals surface area (Å²) in [6.07, 6.45) is 11.2. The molecule has 0 spiro atoms. The molecule has 33 heavy (non-hydrogen) atoms. The van der Waals surface area contributed by atoms with Gasteiger partial charge in [-0.05, 0) is 72.6 Å². The number of ether oxygens (including phenoxy) is 1. The van der Waals surface area contributed by atoms with Gasteiger partial charge in [-0.3, -0.25) is 4.98 Å². The van der Waals surface area contributed by atoms with E-state index in [-0.39, 0.29) is 6.10 Å². The Balaban J connectivity index is 1.43. The van der Waals surface area contributed by atoms with Crippen molar-refractivity contribution in [3.05, 3.63) is 75.2 Å². The molecular weight excluding hydrogens is 430 g/mol. The molecule has 3 aromatic rings. The molecule has 1 saturated carbocycles. The van der Waals surface area contributed by atoms with Crippen molar-refractivity contribution in [1.29, 1.82) is 0 Å². The predicted octanol–water partition coefficient (Wildman–Crippen LogP) is 7.74. The molecule has 0 saturated heterocycles. The largest absolute Gasteiger partial charge is 0.478 e. The van der Waals surface area contributed by atoms with Gasteiger partial charge >= 0.3 is 5.97 Å². The standard InChI is InChI=1S/C28H33NO3S/c1-19-14-22(8-11-24(19)25-12-10-23(28(30)31)15-20(25)2)17-32-26(27-16-29-18-33-27)13-9-21-6-4-3-5-7-21/h8,10-12,14-16,18,21,26H,3-7,9,13,17H2,1-2H3,(H,30,31). The van der Waals surface area contributed by atoms with Crippen LogP contribution in [-0.4, -0.2) is 16.1 Å². The van der Waals surface area contributed by atoms with E-state index in [1.54, 1.807) is 23.5 Å². The highest BCUT2D eigenvalue weighted by atomic mass is 32.1. The smallest absolute Gasteiger partial charge is 0.335 e. The number of benzene rings is 2. The number of thiazole rings is 1. The molecule has 0 amide bonds. The highest BCUT2D eigenvalue weighted by molar-refractivity contribution is 7.09. The minimum Gasteiger partial charge on any atom is -0.478 e. The van der Waals surface area contributed by atoms with Gasteiger partial charge in [0.15, 0.2) is 0 Å². The van der Waals surface area contributed by atoms with Crippen LogP contribution >= 0.6 is 11.3 Å². The highest BCUT2D eigenvalue weighted by Gasteiger charge is 2.19. The molecule has 1 aliphatic carbocycles. The van der Waals surface area contributed by atoms with Crippen molar-refractivity contribution in [2.45, 2.75) is 71.5 Å². The van der Waals surface area contributed by atoms with Gasteiger partial charge in [0, 0.05) is 6.20 Å². The van der Waals surface area contributed by atoms with Crippen LogP contribution in [0.25, 0.3) is 11.1 Å². The maximum Gasteiger partial charge on any atom is 0.335 e. The number of aryl methyl sites for hydroxylation is 2. The van der Waals surface area contributed by atoms with Gasteiger partial charge in [0.25, 0.3) is 0 Å². The van der Waals surface area contributed by atoms with Crippen molar-refractivity contribution in [3.8, 4) is 11.1 Å². The first-order chi connectivity index (χ1) is 16.0. The predicted molar refractivity (Wildman–Crippen MR) is 134 cm³/mol. The van der Waals surface area contributed by atoms with Gasteiger partial charge in [-0.15, -0.1) is 11.3 Å². The third kappa shape index (κ3) is 6.10. The van der Waals surface area contributed by atoms with Crippen molar-refractivity contribution >= 4 is 17.3 Å². The van der Waals surface area contributed by atoms with Gasteiger partial charge in [0.05, 0.1) is 28.7 Å². The highest BCUT2D eigenvalue weighted by Crippen LogP contribution is 2.34. The molecule has 1 fully saturated rings. The summed E-state index contributed by atoms with van der Waals surface area (Å²) in [7, 11) is 0. The fourth-order valence-electron chi connectivity index (χ4n) is 4.97. The Morgan fingerprint density at radius 1 is 1.09 bits per heavy atom. The maximum absolute atomic E-state index is 11.2. The number of nitrogens with zero attached hydrogens (tertiary/aromatic N) is 1. The van der Waals surface area contributed by atoms with Crippen LogP contribution in [0.15, 0.2) is 48.1 Å². The zero-order valence-electron chi connectivity index (χ0n) is 19.5. The van der Waals surface area contributed by atoms with Crippen LogP contribution in [0.4, 0.5) is 0 Å². The van der Waals surface area contributed by atoms with E-state index in [0.717, 1.165) is 34.6 Å². The molecule has 1 atom stereocenters. The van der Waals surface area contributed by atoms with Gasteiger partial charge in [0.2, 0.25) is 0 Å². The van der Waals surface area contributed by atoms with E-state index in [2.05, 4.69) is 30.1 Å². The van der Waals surface area contributed by atoms with E-state index in [1.165, 1.54) is 49.0 Å². The second-order valence-corrected chi connectivity index (χ2v) is 10.2. The number of aromatic nitrogens is 1. The lowest BCUT2D eigenvalue weighted by Gasteiger charge is -2.24. The normalized spacial score (nSPS) is 15.5. The molecule has 2 aromatic carbocycles. The van der Waals surface area contributed by atoms with Crippen LogP contribution in [0.5, 0.6) is 0 Å². The molecule has 0 radical (unpaired) electrons. The van der Waals surface area contributed by atoms with Gasteiger partial charge < -0.3 is 9.84 Å². The summed E-state index contributed by atoms with van der Waals surface area (Å²) in [5.41, 5.74) is 7.70. The van der Waals surface area contributed by atoms with E-state index in [9.17, 15) is 9.90 Å². The zero-order chi connectivity index (χ0) is 23.2. The number of carboxylic acids is 1. The third-order valence-corrected chi connectivity index (χ3v) is 7.70. The second-order valence-electron chi connectivity index (χ2n) is 9.27. The van der Waals surface area contributed by atoms with Crippen LogP contribution in [0.3, 0.4) is 0 Å². The first kappa shape index (κ1) is 23.7. The van der Waals surface area contributed by atoms with Crippen LogP contribution in [0.2, 0.25) is 0 Å². The van der Waals surface area contributed by atoms with Gasteiger partial charge in [0.1, 0.15) is 0 Å². The first-order valence-electron chi connectivity index (χ1n) is 11.9. The van der Waals surface area contributed by atoms with Crippen molar-refractivity contribution in [1.82, 2.24) is 4.98 Å². The average molecular weight is 464 g/mol. The fraction of sp³-hybridized carbons (Fsp3) is 0.429.